The van der Waals surface area contributed by atoms with Crippen LogP contribution in [-0.2, 0) is 14.8 Å². The molecule has 1 amide bonds. The van der Waals surface area contributed by atoms with Crippen molar-refractivity contribution in [2.75, 3.05) is 38.5 Å². The molecule has 1 aromatic rings. The van der Waals surface area contributed by atoms with Gasteiger partial charge in [-0.1, -0.05) is 43.6 Å². The number of nitrogens with one attached hydrogen (secondary N) is 1. The van der Waals surface area contributed by atoms with Crippen LogP contribution in [0.15, 0.2) is 24.3 Å². The van der Waals surface area contributed by atoms with Crippen LogP contribution in [0.4, 0.5) is 0 Å². The molecule has 1 saturated heterocycles. The van der Waals surface area contributed by atoms with E-state index in [0.29, 0.717) is 37.7 Å². The second-order valence-electron chi connectivity index (χ2n) is 5.67. The number of rotatable bonds is 6. The number of nitrogens with zero attached hydrogens (tertiary/aromatic N) is 2. The molecule has 1 aliphatic heterocycles. The number of halogens is 1. The molecule has 1 atom stereocenters. The zero-order chi connectivity index (χ0) is 17.7. The third kappa shape index (κ3) is 4.27. The largest absolute Gasteiger partial charge is 0.332 e. The number of benzene rings is 1. The molecule has 1 heterocycles. The van der Waals surface area contributed by atoms with E-state index in [-0.39, 0.29) is 11.9 Å². The molecule has 2 rings (SSSR count). The van der Waals surface area contributed by atoms with Gasteiger partial charge in [-0.05, 0) is 11.6 Å². The van der Waals surface area contributed by atoms with E-state index in [1.54, 1.807) is 24.8 Å². The maximum Gasteiger partial charge on any atom is 0.239 e. The molecule has 0 bridgehead atoms. The Hall–Kier alpha value is -1.15. The Morgan fingerprint density at radius 3 is 2.62 bits per heavy atom. The van der Waals surface area contributed by atoms with E-state index in [4.69, 9.17) is 11.6 Å². The van der Waals surface area contributed by atoms with Crippen LogP contribution in [0.1, 0.15) is 25.5 Å². The second-order valence-corrected chi connectivity index (χ2v) is 8.05. The van der Waals surface area contributed by atoms with Crippen LogP contribution >= 0.6 is 11.6 Å². The number of amides is 1. The van der Waals surface area contributed by atoms with Gasteiger partial charge in [0.2, 0.25) is 15.9 Å². The lowest BCUT2D eigenvalue weighted by molar-refractivity contribution is -0.131. The van der Waals surface area contributed by atoms with Gasteiger partial charge >= 0.3 is 0 Å². The van der Waals surface area contributed by atoms with E-state index >= 15 is 0 Å². The highest BCUT2D eigenvalue weighted by molar-refractivity contribution is 7.89. The standard InChI is InChI=1S/C16H24ClN3O3S/c1-3-19(4-2)24(22,23)12-16(21)20-10-9-18-11-15(20)13-7-5-6-8-14(13)17/h5-8,15,18H,3-4,9-12H2,1-2H3. The normalized spacial score (nSPS) is 18.8. The van der Waals surface area contributed by atoms with Gasteiger partial charge in [-0.2, -0.15) is 0 Å². The summed E-state index contributed by atoms with van der Waals surface area (Å²) >= 11 is 6.26. The predicted octanol–water partition coefficient (Wildman–Crippen LogP) is 1.48. The molecule has 1 fully saturated rings. The fourth-order valence-corrected chi connectivity index (χ4v) is 4.68. The molecule has 0 radical (unpaired) electrons. The van der Waals surface area contributed by atoms with Gasteiger partial charge in [0.1, 0.15) is 5.75 Å². The lowest BCUT2D eigenvalue weighted by Gasteiger charge is -2.37. The van der Waals surface area contributed by atoms with Crippen molar-refractivity contribution in [2.45, 2.75) is 19.9 Å². The van der Waals surface area contributed by atoms with Gasteiger partial charge in [0.05, 0.1) is 6.04 Å². The van der Waals surface area contributed by atoms with Crippen molar-refractivity contribution in [1.29, 1.82) is 0 Å². The van der Waals surface area contributed by atoms with E-state index < -0.39 is 15.8 Å². The van der Waals surface area contributed by atoms with Gasteiger partial charge in [-0.25, -0.2) is 12.7 Å². The van der Waals surface area contributed by atoms with Crippen molar-refractivity contribution >= 4 is 27.5 Å². The average molecular weight is 374 g/mol. The first-order valence-corrected chi connectivity index (χ1v) is 10.1. The summed E-state index contributed by atoms with van der Waals surface area (Å²) in [6.07, 6.45) is 0. The molecular formula is C16H24ClN3O3S. The van der Waals surface area contributed by atoms with Crippen LogP contribution in [-0.4, -0.2) is 62.0 Å². The lowest BCUT2D eigenvalue weighted by Crippen LogP contribution is -2.51. The van der Waals surface area contributed by atoms with Crippen molar-refractivity contribution in [3.63, 3.8) is 0 Å². The molecule has 24 heavy (non-hydrogen) atoms. The number of carbonyl (C=O) groups is 1. The summed E-state index contributed by atoms with van der Waals surface area (Å²) in [4.78, 5) is 14.3. The quantitative estimate of drug-likeness (QED) is 0.820. The predicted molar refractivity (Wildman–Crippen MR) is 95.5 cm³/mol. The Morgan fingerprint density at radius 1 is 1.33 bits per heavy atom. The minimum atomic E-state index is -3.60. The highest BCUT2D eigenvalue weighted by Crippen LogP contribution is 2.28. The summed E-state index contributed by atoms with van der Waals surface area (Å²) in [6.45, 7) is 5.91. The van der Waals surface area contributed by atoms with E-state index in [9.17, 15) is 13.2 Å². The zero-order valence-electron chi connectivity index (χ0n) is 14.0. The first-order chi connectivity index (χ1) is 11.4. The Balaban J connectivity index is 2.21. The fourth-order valence-electron chi connectivity index (χ4n) is 2.97. The Morgan fingerprint density at radius 2 is 2.00 bits per heavy atom. The maximum atomic E-state index is 12.7. The number of piperazine rings is 1. The Bertz CT molecular complexity index is 677. The minimum absolute atomic E-state index is 0.258. The van der Waals surface area contributed by atoms with E-state index in [1.807, 2.05) is 18.2 Å². The molecular weight excluding hydrogens is 350 g/mol. The van der Waals surface area contributed by atoms with Gasteiger partial charge in [0.15, 0.2) is 0 Å². The molecule has 134 valence electrons. The summed E-state index contributed by atoms with van der Waals surface area (Å²) < 4.78 is 26.1. The van der Waals surface area contributed by atoms with E-state index in [0.717, 1.165) is 5.56 Å². The van der Waals surface area contributed by atoms with Gasteiger partial charge in [-0.3, -0.25) is 4.79 Å². The lowest BCUT2D eigenvalue weighted by atomic mass is 10.0. The zero-order valence-corrected chi connectivity index (χ0v) is 15.6. The fraction of sp³-hybridized carbons (Fsp3) is 0.562. The second kappa shape index (κ2) is 8.29. The number of hydrogen-bond donors (Lipinski definition) is 1. The molecule has 1 N–H and O–H groups in total. The monoisotopic (exact) mass is 373 g/mol. The molecule has 0 saturated carbocycles. The van der Waals surface area contributed by atoms with Crippen molar-refractivity contribution < 1.29 is 13.2 Å². The molecule has 1 aromatic carbocycles. The van der Waals surface area contributed by atoms with Gasteiger partial charge < -0.3 is 10.2 Å². The SMILES string of the molecule is CCN(CC)S(=O)(=O)CC(=O)N1CCNCC1c1ccccc1Cl. The van der Waals surface area contributed by atoms with Gasteiger partial charge in [-0.15, -0.1) is 0 Å². The summed E-state index contributed by atoms with van der Waals surface area (Å²) in [6, 6.07) is 7.09. The van der Waals surface area contributed by atoms with Crippen molar-refractivity contribution in [3.8, 4) is 0 Å². The highest BCUT2D eigenvalue weighted by atomic mass is 35.5. The highest BCUT2D eigenvalue weighted by Gasteiger charge is 2.32. The number of carbonyl (C=O) groups excluding carboxylic acids is 1. The summed E-state index contributed by atoms with van der Waals surface area (Å²) in [5.74, 6) is -0.886. The molecule has 8 heteroatoms. The van der Waals surface area contributed by atoms with Gasteiger partial charge in [0, 0.05) is 37.7 Å². The topological polar surface area (TPSA) is 69.7 Å². The first kappa shape index (κ1) is 19.2. The maximum absolute atomic E-state index is 12.7. The molecule has 6 nitrogen and oxygen atoms in total. The van der Waals surface area contributed by atoms with Crippen molar-refractivity contribution in [3.05, 3.63) is 34.9 Å². The van der Waals surface area contributed by atoms with Crippen LogP contribution < -0.4 is 5.32 Å². The minimum Gasteiger partial charge on any atom is -0.332 e. The molecule has 0 aromatic heterocycles. The Kier molecular flexibility index (Phi) is 6.62. The molecule has 0 aliphatic carbocycles. The van der Waals surface area contributed by atoms with Crippen LogP contribution in [0, 0.1) is 0 Å². The van der Waals surface area contributed by atoms with Crippen LogP contribution in [0.25, 0.3) is 0 Å². The molecule has 1 unspecified atom stereocenters. The third-order valence-electron chi connectivity index (χ3n) is 4.23. The third-order valence-corrected chi connectivity index (χ3v) is 6.49. The summed E-state index contributed by atoms with van der Waals surface area (Å²) in [5, 5.41) is 3.82. The van der Waals surface area contributed by atoms with Crippen LogP contribution in [0.5, 0.6) is 0 Å². The Labute approximate surface area is 148 Å². The number of sulfonamides is 1. The number of hydrogen-bond acceptors (Lipinski definition) is 4. The summed E-state index contributed by atoms with van der Waals surface area (Å²) in [5.41, 5.74) is 0.833. The van der Waals surface area contributed by atoms with E-state index in [1.165, 1.54) is 4.31 Å². The smallest absolute Gasteiger partial charge is 0.239 e. The summed E-state index contributed by atoms with van der Waals surface area (Å²) in [7, 11) is -3.60. The first-order valence-electron chi connectivity index (χ1n) is 8.13. The van der Waals surface area contributed by atoms with Crippen LogP contribution in [0.3, 0.4) is 0 Å². The molecule has 1 aliphatic rings. The molecule has 0 spiro atoms. The van der Waals surface area contributed by atoms with E-state index in [2.05, 4.69) is 5.32 Å². The van der Waals surface area contributed by atoms with Crippen molar-refractivity contribution in [1.82, 2.24) is 14.5 Å². The average Bonchev–Trinajstić information content (AvgIpc) is 2.55. The van der Waals surface area contributed by atoms with Gasteiger partial charge in [0.25, 0.3) is 0 Å². The van der Waals surface area contributed by atoms with Crippen molar-refractivity contribution in [2.24, 2.45) is 0 Å². The van der Waals surface area contributed by atoms with Crippen LogP contribution in [0.2, 0.25) is 5.02 Å².